The molecule has 6 fully saturated rings. The third-order valence-electron chi connectivity index (χ3n) is 21.9. The van der Waals surface area contributed by atoms with E-state index in [1.54, 1.807) is 0 Å². The molecule has 0 nitrogen and oxygen atoms in total. The summed E-state index contributed by atoms with van der Waals surface area (Å²) in [6.45, 7) is 86.1. The van der Waals surface area contributed by atoms with Crippen LogP contribution in [-0.2, 0) is 0 Å². The second-order valence-corrected chi connectivity index (χ2v) is 43.8. The monoisotopic (exact) mass is 1120 g/mol. The zero-order chi connectivity index (χ0) is 63.4. The van der Waals surface area contributed by atoms with Crippen LogP contribution in [0.3, 0.4) is 0 Å². The van der Waals surface area contributed by atoms with E-state index >= 15 is 0 Å². The van der Waals surface area contributed by atoms with Crippen LogP contribution in [0.25, 0.3) is 0 Å². The van der Waals surface area contributed by atoms with E-state index in [4.69, 9.17) is 0 Å². The van der Waals surface area contributed by atoms with E-state index in [1.165, 1.54) is 167 Å². The standard InChI is InChI=1S/C15H30.C14H28.3C13H26.C12H24/c1-13(2,3)12-15(14(4,5)6)10-8-7-9-11-15;1-12(2,3)11-14(13(4,5)6)9-7-8-10-14;1-11(2,3)9-13(7-8-13)10-12(4,5)6;1-11(2,3)7-8-13(9-10-13)12(4,5)6;1-11(2,3)10-13(8-7-9-13)12(4,5)6;1-10(2,3)9-12(7-8-12)11(4,5)6/h7-12H2,1-6H3;7-11H2,1-6H3;3*7-10H2,1-6H3;7-9H2,1-6H3. The summed E-state index contributed by atoms with van der Waals surface area (Å²) in [5.74, 6) is 0. The zero-order valence-electron chi connectivity index (χ0n) is 63.4. The van der Waals surface area contributed by atoms with Crippen LogP contribution < -0.4 is 0 Å². The van der Waals surface area contributed by atoms with E-state index in [-0.39, 0.29) is 0 Å². The van der Waals surface area contributed by atoms with Gasteiger partial charge >= 0.3 is 0 Å². The van der Waals surface area contributed by atoms with Crippen LogP contribution in [0.2, 0.25) is 0 Å². The highest BCUT2D eigenvalue weighted by atomic mass is 14.6. The predicted octanol–water partition coefficient (Wildman–Crippen LogP) is 28.6. The third-order valence-corrected chi connectivity index (χ3v) is 21.9. The summed E-state index contributed by atoms with van der Waals surface area (Å²) in [4.78, 5) is 0. The molecule has 0 bridgehead atoms. The molecule has 6 aliphatic rings. The van der Waals surface area contributed by atoms with Gasteiger partial charge in [0.1, 0.15) is 0 Å². The molecule has 6 saturated carbocycles. The van der Waals surface area contributed by atoms with Crippen LogP contribution in [0.4, 0.5) is 0 Å². The van der Waals surface area contributed by atoms with Gasteiger partial charge in [-0.05, 0) is 226 Å². The highest BCUT2D eigenvalue weighted by molar-refractivity contribution is 5.05. The first kappa shape index (κ1) is 78.0. The number of rotatable bonds is 8. The molecule has 480 valence electrons. The number of hydrogen-bond acceptors (Lipinski definition) is 0. The zero-order valence-corrected chi connectivity index (χ0v) is 63.4. The molecule has 0 spiro atoms. The normalized spacial score (nSPS) is 22.4. The summed E-state index contributed by atoms with van der Waals surface area (Å²) in [6.07, 6.45) is 37.4. The van der Waals surface area contributed by atoms with E-state index in [0.717, 1.165) is 5.41 Å². The van der Waals surface area contributed by atoms with Crippen LogP contribution in [0, 0.1) is 97.5 Å². The molecule has 0 N–H and O–H groups in total. The fraction of sp³-hybridized carbons (Fsp3) is 1.00. The molecule has 0 unspecified atom stereocenters. The molecule has 80 heavy (non-hydrogen) atoms. The highest BCUT2D eigenvalue weighted by Crippen LogP contribution is 2.65. The van der Waals surface area contributed by atoms with E-state index in [1.807, 2.05) is 0 Å². The minimum atomic E-state index is 0.473. The van der Waals surface area contributed by atoms with Crippen LogP contribution in [0.5, 0.6) is 0 Å². The van der Waals surface area contributed by atoms with Gasteiger partial charge in [0.25, 0.3) is 0 Å². The van der Waals surface area contributed by atoms with E-state index in [0.29, 0.717) is 92.1 Å². The fourth-order valence-corrected chi connectivity index (χ4v) is 16.8. The molecule has 0 aliphatic heterocycles. The molecule has 0 aromatic rings. The van der Waals surface area contributed by atoms with Gasteiger partial charge in [-0.1, -0.05) is 288 Å². The summed E-state index contributed by atoms with van der Waals surface area (Å²) in [6, 6.07) is 0. The molecule has 0 aromatic carbocycles. The topological polar surface area (TPSA) is 0 Å². The largest absolute Gasteiger partial charge is 0.0602 e. The minimum absolute atomic E-state index is 0.473. The van der Waals surface area contributed by atoms with Crippen molar-refractivity contribution in [2.45, 2.75) is 416 Å². The first-order valence-electron chi connectivity index (χ1n) is 34.9. The second-order valence-electron chi connectivity index (χ2n) is 43.8. The Balaban J connectivity index is 0.000000481. The maximum absolute atomic E-state index is 2.45. The van der Waals surface area contributed by atoms with E-state index in [9.17, 15) is 0 Å². The lowest BCUT2D eigenvalue weighted by molar-refractivity contribution is -0.0396. The van der Waals surface area contributed by atoms with Crippen molar-refractivity contribution in [3.05, 3.63) is 0 Å². The van der Waals surface area contributed by atoms with Gasteiger partial charge in [-0.15, -0.1) is 0 Å². The van der Waals surface area contributed by atoms with E-state index in [2.05, 4.69) is 249 Å². The van der Waals surface area contributed by atoms with Crippen LogP contribution in [-0.4, -0.2) is 0 Å². The number of hydrogen-bond donors (Lipinski definition) is 0. The van der Waals surface area contributed by atoms with Crippen molar-refractivity contribution in [3.8, 4) is 0 Å². The van der Waals surface area contributed by atoms with Crippen molar-refractivity contribution in [3.63, 3.8) is 0 Å². The van der Waals surface area contributed by atoms with Gasteiger partial charge in [0, 0.05) is 0 Å². The molecule has 0 amide bonds. The molecule has 0 radical (unpaired) electrons. The summed E-state index contributed by atoms with van der Waals surface area (Å²) < 4.78 is 0. The smallest absolute Gasteiger partial charge is 0.0243 e. The summed E-state index contributed by atoms with van der Waals surface area (Å²) >= 11 is 0. The second kappa shape index (κ2) is 26.8. The fourth-order valence-electron chi connectivity index (χ4n) is 16.8. The molecule has 0 heterocycles. The highest BCUT2D eigenvalue weighted by Gasteiger charge is 2.54. The molecule has 0 saturated heterocycles. The first-order valence-corrected chi connectivity index (χ1v) is 34.9. The summed E-state index contributed by atoms with van der Waals surface area (Å²) in [7, 11) is 0. The lowest BCUT2D eigenvalue weighted by Gasteiger charge is -2.54. The Morgan fingerprint density at radius 3 is 0.525 bits per heavy atom. The van der Waals surface area contributed by atoms with Gasteiger partial charge in [-0.3, -0.25) is 0 Å². The Kier molecular flexibility index (Phi) is 26.1. The Morgan fingerprint density at radius 2 is 0.388 bits per heavy atom. The van der Waals surface area contributed by atoms with E-state index < -0.39 is 0 Å². The van der Waals surface area contributed by atoms with Crippen molar-refractivity contribution in [1.29, 1.82) is 0 Å². The van der Waals surface area contributed by atoms with Crippen molar-refractivity contribution in [1.82, 2.24) is 0 Å². The van der Waals surface area contributed by atoms with Crippen molar-refractivity contribution in [2.24, 2.45) is 97.5 Å². The summed E-state index contributed by atoms with van der Waals surface area (Å²) in [5.41, 5.74) is 9.95. The van der Waals surface area contributed by atoms with Gasteiger partial charge in [0.05, 0.1) is 0 Å². The first-order chi connectivity index (χ1) is 34.9. The van der Waals surface area contributed by atoms with Crippen molar-refractivity contribution >= 4 is 0 Å². The Bertz CT molecular complexity index is 1720. The predicted molar refractivity (Wildman–Crippen MR) is 368 cm³/mol. The lowest BCUT2D eigenvalue weighted by atomic mass is 9.51. The quantitative estimate of drug-likeness (QED) is 0.227. The van der Waals surface area contributed by atoms with Crippen LogP contribution in [0.1, 0.15) is 416 Å². The molecule has 0 heteroatoms. The van der Waals surface area contributed by atoms with Gasteiger partial charge in [0.15, 0.2) is 0 Å². The Labute approximate surface area is 511 Å². The molecular formula is C80H160. The molecule has 0 aromatic heterocycles. The average Bonchev–Trinajstić information content (AvgIpc) is 4.10. The molecular weight excluding hydrogens is 961 g/mol. The molecule has 0 atom stereocenters. The third kappa shape index (κ3) is 27.4. The molecule has 6 rings (SSSR count). The van der Waals surface area contributed by atoms with Gasteiger partial charge in [0.2, 0.25) is 0 Å². The Hall–Kier alpha value is 0. The maximum Gasteiger partial charge on any atom is -0.0243 e. The van der Waals surface area contributed by atoms with Crippen LogP contribution >= 0.6 is 0 Å². The summed E-state index contributed by atoms with van der Waals surface area (Å²) in [5, 5.41) is 0. The van der Waals surface area contributed by atoms with Crippen LogP contribution in [0.15, 0.2) is 0 Å². The molecule has 6 aliphatic carbocycles. The van der Waals surface area contributed by atoms with Gasteiger partial charge in [-0.25, -0.2) is 0 Å². The SMILES string of the molecule is CC(C)(C)CC1(C(C)(C)C)CC1.CC(C)(C)CC1(C(C)(C)C)CCC1.CC(C)(C)CC1(C(C)(C)C)CCCC1.CC(C)(C)CC1(C(C)(C)C)CCCCC1.CC(C)(C)CC1(CC(C)(C)C)CC1.CC(C)(C)CCC1(C(C)(C)C)CC1. The van der Waals surface area contributed by atoms with Gasteiger partial charge in [-0.2, -0.15) is 0 Å². The van der Waals surface area contributed by atoms with Crippen molar-refractivity contribution in [2.75, 3.05) is 0 Å². The minimum Gasteiger partial charge on any atom is -0.0602 e. The van der Waals surface area contributed by atoms with Gasteiger partial charge < -0.3 is 0 Å². The Morgan fingerprint density at radius 1 is 0.188 bits per heavy atom. The lowest BCUT2D eigenvalue weighted by Crippen LogP contribution is -2.44. The maximum atomic E-state index is 2.45. The average molecular weight is 1120 g/mol. The van der Waals surface area contributed by atoms with Crippen molar-refractivity contribution < 1.29 is 0 Å².